The number of nitrogen functional groups attached to an aromatic ring is 1. The molecule has 0 saturated heterocycles. The van der Waals surface area contributed by atoms with Crippen molar-refractivity contribution in [3.63, 3.8) is 0 Å². The van der Waals surface area contributed by atoms with Crippen LogP contribution >= 0.6 is 0 Å². The summed E-state index contributed by atoms with van der Waals surface area (Å²) >= 11 is 0. The monoisotopic (exact) mass is 229 g/mol. The molecule has 2 rings (SSSR count). The molecule has 86 valence electrons. The van der Waals surface area contributed by atoms with Crippen molar-refractivity contribution < 1.29 is 4.39 Å². The van der Waals surface area contributed by atoms with Crippen LogP contribution in [0.4, 0.5) is 10.1 Å². The van der Waals surface area contributed by atoms with Gasteiger partial charge < -0.3 is 10.3 Å². The van der Waals surface area contributed by atoms with Gasteiger partial charge in [0.15, 0.2) is 0 Å². The first kappa shape index (κ1) is 11.2. The van der Waals surface area contributed by atoms with E-state index in [9.17, 15) is 4.39 Å². The van der Waals surface area contributed by atoms with E-state index in [2.05, 4.69) is 6.07 Å². The number of benzene rings is 1. The number of aromatic nitrogens is 1. The number of nitrogens with two attached hydrogens (primary N) is 1. The number of hydrogen-bond acceptors (Lipinski definition) is 2. The van der Waals surface area contributed by atoms with Crippen molar-refractivity contribution >= 4 is 5.69 Å². The standard InChI is InChI=1S/C13H12FN3/c1-9-13(16)6-11(7-15)17(9)8-10-4-2-3-5-12(10)14/h2-6H,8,16H2,1H3. The fourth-order valence-electron chi connectivity index (χ4n) is 1.76. The molecule has 0 amide bonds. The molecule has 1 aromatic heterocycles. The van der Waals surface area contributed by atoms with E-state index in [1.807, 2.05) is 6.92 Å². The van der Waals surface area contributed by atoms with E-state index >= 15 is 0 Å². The molecule has 0 radical (unpaired) electrons. The second-order valence-corrected chi connectivity index (χ2v) is 3.86. The highest BCUT2D eigenvalue weighted by atomic mass is 19.1. The third kappa shape index (κ3) is 2.00. The Morgan fingerprint density at radius 3 is 2.76 bits per heavy atom. The molecule has 0 aliphatic heterocycles. The van der Waals surface area contributed by atoms with Crippen molar-refractivity contribution in [3.8, 4) is 6.07 Å². The van der Waals surface area contributed by atoms with Gasteiger partial charge in [-0.2, -0.15) is 5.26 Å². The Kier molecular flexibility index (Phi) is 2.84. The lowest BCUT2D eigenvalue weighted by Gasteiger charge is -2.09. The quantitative estimate of drug-likeness (QED) is 0.859. The Hall–Kier alpha value is -2.28. The highest BCUT2D eigenvalue weighted by Crippen LogP contribution is 2.19. The molecule has 3 nitrogen and oxygen atoms in total. The number of nitrogens with zero attached hydrogens (tertiary/aromatic N) is 2. The van der Waals surface area contributed by atoms with E-state index in [1.165, 1.54) is 6.07 Å². The highest BCUT2D eigenvalue weighted by molar-refractivity contribution is 5.50. The van der Waals surface area contributed by atoms with Crippen LogP contribution in [0.3, 0.4) is 0 Å². The zero-order valence-corrected chi connectivity index (χ0v) is 9.44. The summed E-state index contributed by atoms with van der Waals surface area (Å²) in [6, 6.07) is 10.2. The summed E-state index contributed by atoms with van der Waals surface area (Å²) in [6.45, 7) is 2.13. The largest absolute Gasteiger partial charge is 0.397 e. The molecule has 17 heavy (non-hydrogen) atoms. The Balaban J connectivity index is 2.44. The minimum atomic E-state index is -0.275. The summed E-state index contributed by atoms with van der Waals surface area (Å²) in [5, 5.41) is 8.98. The lowest BCUT2D eigenvalue weighted by atomic mass is 10.2. The van der Waals surface area contributed by atoms with Gasteiger partial charge in [0.2, 0.25) is 0 Å². The average Bonchev–Trinajstić information content (AvgIpc) is 2.59. The maximum Gasteiger partial charge on any atom is 0.128 e. The first-order chi connectivity index (χ1) is 8.13. The molecule has 4 heteroatoms. The lowest BCUT2D eigenvalue weighted by Crippen LogP contribution is -2.06. The Bertz CT molecular complexity index is 593. The molecule has 1 aromatic carbocycles. The third-order valence-corrected chi connectivity index (χ3v) is 2.81. The Labute approximate surface area is 98.9 Å². The van der Waals surface area contributed by atoms with Crippen LogP contribution < -0.4 is 5.73 Å². The molecule has 0 spiro atoms. The van der Waals surface area contributed by atoms with E-state index < -0.39 is 0 Å². The normalized spacial score (nSPS) is 10.2. The van der Waals surface area contributed by atoms with Gasteiger partial charge in [0.1, 0.15) is 17.6 Å². The van der Waals surface area contributed by atoms with Crippen molar-refractivity contribution in [3.05, 3.63) is 53.1 Å². The number of hydrogen-bond donors (Lipinski definition) is 1. The summed E-state index contributed by atoms with van der Waals surface area (Å²) < 4.78 is 15.2. The van der Waals surface area contributed by atoms with Crippen molar-refractivity contribution in [2.75, 3.05) is 5.73 Å². The predicted octanol–water partition coefficient (Wildman–Crippen LogP) is 2.44. The van der Waals surface area contributed by atoms with Gasteiger partial charge in [-0.15, -0.1) is 0 Å². The van der Waals surface area contributed by atoms with Gasteiger partial charge in [0.25, 0.3) is 0 Å². The van der Waals surface area contributed by atoms with Crippen LogP contribution in [0, 0.1) is 24.1 Å². The topological polar surface area (TPSA) is 54.7 Å². The Morgan fingerprint density at radius 1 is 1.41 bits per heavy atom. The third-order valence-electron chi connectivity index (χ3n) is 2.81. The Morgan fingerprint density at radius 2 is 2.12 bits per heavy atom. The van der Waals surface area contributed by atoms with Crippen LogP contribution in [-0.2, 0) is 6.54 Å². The fraction of sp³-hybridized carbons (Fsp3) is 0.154. The molecule has 0 saturated carbocycles. The molecule has 0 fully saturated rings. The van der Waals surface area contributed by atoms with Crippen LogP contribution in [0.15, 0.2) is 30.3 Å². The summed E-state index contributed by atoms with van der Waals surface area (Å²) in [5.74, 6) is -0.275. The minimum Gasteiger partial charge on any atom is -0.397 e. The van der Waals surface area contributed by atoms with Crippen molar-refractivity contribution in [2.24, 2.45) is 0 Å². The van der Waals surface area contributed by atoms with Crippen LogP contribution in [0.2, 0.25) is 0 Å². The van der Waals surface area contributed by atoms with Gasteiger partial charge in [-0.1, -0.05) is 18.2 Å². The van der Waals surface area contributed by atoms with Gasteiger partial charge in [0.05, 0.1) is 12.2 Å². The lowest BCUT2D eigenvalue weighted by molar-refractivity contribution is 0.597. The first-order valence-electron chi connectivity index (χ1n) is 5.22. The number of halogens is 1. The number of rotatable bonds is 2. The van der Waals surface area contributed by atoms with E-state index in [4.69, 9.17) is 11.0 Å². The summed E-state index contributed by atoms with van der Waals surface area (Å²) in [7, 11) is 0. The number of nitriles is 1. The molecular weight excluding hydrogens is 217 g/mol. The second kappa shape index (κ2) is 4.30. The van der Waals surface area contributed by atoms with Gasteiger partial charge in [-0.3, -0.25) is 0 Å². The zero-order valence-electron chi connectivity index (χ0n) is 9.44. The minimum absolute atomic E-state index is 0.275. The van der Waals surface area contributed by atoms with Crippen molar-refractivity contribution in [1.29, 1.82) is 5.26 Å². The highest BCUT2D eigenvalue weighted by Gasteiger charge is 2.11. The van der Waals surface area contributed by atoms with Crippen LogP contribution in [0.25, 0.3) is 0 Å². The van der Waals surface area contributed by atoms with Crippen LogP contribution in [0.1, 0.15) is 17.0 Å². The summed E-state index contributed by atoms with van der Waals surface area (Å²) in [4.78, 5) is 0. The fourth-order valence-corrected chi connectivity index (χ4v) is 1.76. The zero-order chi connectivity index (χ0) is 12.4. The van der Waals surface area contributed by atoms with E-state index in [0.29, 0.717) is 23.5 Å². The van der Waals surface area contributed by atoms with Crippen LogP contribution in [-0.4, -0.2) is 4.57 Å². The maximum atomic E-state index is 13.5. The smallest absolute Gasteiger partial charge is 0.128 e. The van der Waals surface area contributed by atoms with Gasteiger partial charge >= 0.3 is 0 Å². The van der Waals surface area contributed by atoms with Gasteiger partial charge in [-0.05, 0) is 19.1 Å². The van der Waals surface area contributed by atoms with Crippen molar-refractivity contribution in [1.82, 2.24) is 4.57 Å². The molecule has 2 N–H and O–H groups in total. The average molecular weight is 229 g/mol. The van der Waals surface area contributed by atoms with Crippen molar-refractivity contribution in [2.45, 2.75) is 13.5 Å². The molecular formula is C13H12FN3. The summed E-state index contributed by atoms with van der Waals surface area (Å²) in [5.41, 5.74) is 8.07. The second-order valence-electron chi connectivity index (χ2n) is 3.86. The van der Waals surface area contributed by atoms with Gasteiger partial charge in [0, 0.05) is 11.3 Å². The number of anilines is 1. The molecule has 2 aromatic rings. The maximum absolute atomic E-state index is 13.5. The molecule has 0 aliphatic carbocycles. The molecule has 0 aliphatic rings. The molecule has 1 heterocycles. The van der Waals surface area contributed by atoms with E-state index in [0.717, 1.165) is 5.69 Å². The SMILES string of the molecule is Cc1c(N)cc(C#N)n1Cc1ccccc1F. The van der Waals surface area contributed by atoms with Crippen LogP contribution in [0.5, 0.6) is 0 Å². The van der Waals surface area contributed by atoms with E-state index in [-0.39, 0.29) is 5.82 Å². The summed E-state index contributed by atoms with van der Waals surface area (Å²) in [6.07, 6.45) is 0. The van der Waals surface area contributed by atoms with Gasteiger partial charge in [-0.25, -0.2) is 4.39 Å². The predicted molar refractivity (Wildman–Crippen MR) is 63.8 cm³/mol. The molecule has 0 unspecified atom stereocenters. The first-order valence-corrected chi connectivity index (χ1v) is 5.22. The van der Waals surface area contributed by atoms with E-state index in [1.54, 1.807) is 28.8 Å². The molecule has 0 bridgehead atoms. The molecule has 0 atom stereocenters.